The van der Waals surface area contributed by atoms with Crippen LogP contribution in [0.4, 0.5) is 13.2 Å². The van der Waals surface area contributed by atoms with Crippen LogP contribution in [0, 0.1) is 0 Å². The van der Waals surface area contributed by atoms with Crippen molar-refractivity contribution in [3.8, 4) is 0 Å². The quantitative estimate of drug-likeness (QED) is 0.835. The average molecular weight is 379 g/mol. The first-order valence-electron chi connectivity index (χ1n) is 9.36. The lowest BCUT2D eigenvalue weighted by atomic mass is 9.80. The largest absolute Gasteiger partial charge is 0.416 e. The third-order valence-corrected chi connectivity index (χ3v) is 5.42. The van der Waals surface area contributed by atoms with E-state index in [0.29, 0.717) is 18.5 Å². The van der Waals surface area contributed by atoms with Crippen LogP contribution in [0.15, 0.2) is 24.3 Å². The molecule has 4 rings (SSSR count). The summed E-state index contributed by atoms with van der Waals surface area (Å²) in [6.45, 7) is 0.672. The van der Waals surface area contributed by atoms with Crippen molar-refractivity contribution in [2.24, 2.45) is 5.73 Å². The number of nitrogens with two attached hydrogens (primary N) is 1. The van der Waals surface area contributed by atoms with Gasteiger partial charge in [-0.2, -0.15) is 13.2 Å². The van der Waals surface area contributed by atoms with Gasteiger partial charge >= 0.3 is 6.18 Å². The summed E-state index contributed by atoms with van der Waals surface area (Å²) >= 11 is 0. The molecule has 0 atom stereocenters. The SMILES string of the molecule is CN(Cc1ccccc1C(F)(F)F)Cc1nnc(C2CC(N)C2)n1C1CC1. The Morgan fingerprint density at radius 1 is 1.15 bits per heavy atom. The Kier molecular flexibility index (Phi) is 4.71. The van der Waals surface area contributed by atoms with Gasteiger partial charge in [-0.1, -0.05) is 18.2 Å². The summed E-state index contributed by atoms with van der Waals surface area (Å²) < 4.78 is 41.9. The normalized spacial score (nSPS) is 22.9. The van der Waals surface area contributed by atoms with Crippen molar-refractivity contribution in [2.45, 2.75) is 63.0 Å². The topological polar surface area (TPSA) is 60.0 Å². The van der Waals surface area contributed by atoms with Crippen LogP contribution in [0.1, 0.15) is 60.4 Å². The van der Waals surface area contributed by atoms with Crippen LogP contribution in [-0.4, -0.2) is 32.8 Å². The van der Waals surface area contributed by atoms with E-state index in [-0.39, 0.29) is 18.2 Å². The Hall–Kier alpha value is -1.93. The van der Waals surface area contributed by atoms with Gasteiger partial charge in [0, 0.05) is 24.5 Å². The zero-order chi connectivity index (χ0) is 19.2. The molecule has 2 aliphatic carbocycles. The molecule has 2 saturated carbocycles. The molecule has 0 amide bonds. The van der Waals surface area contributed by atoms with Gasteiger partial charge < -0.3 is 10.3 Å². The third kappa shape index (κ3) is 3.87. The molecule has 0 spiro atoms. The van der Waals surface area contributed by atoms with E-state index in [0.717, 1.165) is 43.4 Å². The van der Waals surface area contributed by atoms with Crippen molar-refractivity contribution < 1.29 is 13.2 Å². The third-order valence-electron chi connectivity index (χ3n) is 5.42. The zero-order valence-electron chi connectivity index (χ0n) is 15.3. The predicted molar refractivity (Wildman–Crippen MR) is 94.9 cm³/mol. The highest BCUT2D eigenvalue weighted by molar-refractivity contribution is 5.29. The lowest BCUT2D eigenvalue weighted by molar-refractivity contribution is -0.138. The maximum atomic E-state index is 13.2. The van der Waals surface area contributed by atoms with E-state index in [4.69, 9.17) is 5.73 Å². The summed E-state index contributed by atoms with van der Waals surface area (Å²) in [5.74, 6) is 2.19. The van der Waals surface area contributed by atoms with Gasteiger partial charge in [-0.05, 0) is 44.4 Å². The molecule has 2 fully saturated rings. The summed E-state index contributed by atoms with van der Waals surface area (Å²) in [7, 11) is 1.82. The lowest BCUT2D eigenvalue weighted by Crippen LogP contribution is -2.36. The Bertz CT molecular complexity index is 806. The number of hydrogen-bond donors (Lipinski definition) is 1. The highest BCUT2D eigenvalue weighted by Gasteiger charge is 2.37. The Labute approximate surface area is 156 Å². The molecule has 8 heteroatoms. The van der Waals surface area contributed by atoms with E-state index in [2.05, 4.69) is 14.8 Å². The first-order valence-corrected chi connectivity index (χ1v) is 9.36. The fraction of sp³-hybridized carbons (Fsp3) is 0.579. The van der Waals surface area contributed by atoms with Crippen LogP contribution in [0.5, 0.6) is 0 Å². The van der Waals surface area contributed by atoms with Gasteiger partial charge in [0.1, 0.15) is 11.6 Å². The second-order valence-electron chi connectivity index (χ2n) is 7.83. The number of alkyl halides is 3. The predicted octanol–water partition coefficient (Wildman–Crippen LogP) is 3.47. The summed E-state index contributed by atoms with van der Waals surface area (Å²) in [5, 5.41) is 8.77. The molecule has 2 aliphatic rings. The Balaban J connectivity index is 1.50. The van der Waals surface area contributed by atoms with Gasteiger partial charge in [0.15, 0.2) is 0 Å². The Morgan fingerprint density at radius 3 is 2.48 bits per heavy atom. The number of aromatic nitrogens is 3. The molecule has 0 aliphatic heterocycles. The van der Waals surface area contributed by atoms with Gasteiger partial charge in [0.2, 0.25) is 0 Å². The molecule has 146 valence electrons. The van der Waals surface area contributed by atoms with E-state index in [9.17, 15) is 13.2 Å². The van der Waals surface area contributed by atoms with E-state index in [1.807, 2.05) is 11.9 Å². The Morgan fingerprint density at radius 2 is 1.85 bits per heavy atom. The van der Waals surface area contributed by atoms with Crippen molar-refractivity contribution in [3.05, 3.63) is 47.0 Å². The molecular formula is C19H24F3N5. The minimum atomic E-state index is -4.35. The second-order valence-corrected chi connectivity index (χ2v) is 7.83. The molecule has 0 bridgehead atoms. The molecule has 5 nitrogen and oxygen atoms in total. The average Bonchev–Trinajstić information content (AvgIpc) is 3.33. The molecule has 0 unspecified atom stereocenters. The van der Waals surface area contributed by atoms with E-state index in [1.54, 1.807) is 6.07 Å². The maximum absolute atomic E-state index is 13.2. The highest BCUT2D eigenvalue weighted by atomic mass is 19.4. The molecule has 1 heterocycles. The summed E-state index contributed by atoms with van der Waals surface area (Å²) in [4.78, 5) is 1.86. The maximum Gasteiger partial charge on any atom is 0.416 e. The minimum absolute atomic E-state index is 0.205. The highest BCUT2D eigenvalue weighted by Crippen LogP contribution is 2.42. The fourth-order valence-electron chi connectivity index (χ4n) is 3.85. The molecule has 1 aromatic heterocycles. The van der Waals surface area contributed by atoms with Crippen molar-refractivity contribution >= 4 is 0 Å². The van der Waals surface area contributed by atoms with Crippen molar-refractivity contribution in [1.82, 2.24) is 19.7 Å². The summed E-state index contributed by atoms with van der Waals surface area (Å²) in [6.07, 6.45) is -0.268. The fourth-order valence-corrected chi connectivity index (χ4v) is 3.85. The van der Waals surface area contributed by atoms with Crippen LogP contribution >= 0.6 is 0 Å². The standard InChI is InChI=1S/C19H24F3N5/c1-26(10-12-4-2-3-5-16(12)19(20,21)22)11-17-24-25-18(13-8-14(23)9-13)27(17)15-6-7-15/h2-5,13-15H,6-11,23H2,1H3. The van der Waals surface area contributed by atoms with Crippen LogP contribution in [0.2, 0.25) is 0 Å². The smallest absolute Gasteiger partial charge is 0.328 e. The number of hydrogen-bond acceptors (Lipinski definition) is 4. The molecular weight excluding hydrogens is 355 g/mol. The first-order chi connectivity index (χ1) is 12.8. The van der Waals surface area contributed by atoms with Crippen LogP contribution in [0.25, 0.3) is 0 Å². The molecule has 2 aromatic rings. The van der Waals surface area contributed by atoms with Crippen molar-refractivity contribution in [3.63, 3.8) is 0 Å². The van der Waals surface area contributed by atoms with E-state index in [1.165, 1.54) is 12.1 Å². The number of benzene rings is 1. The molecule has 0 radical (unpaired) electrons. The van der Waals surface area contributed by atoms with Crippen LogP contribution < -0.4 is 5.73 Å². The van der Waals surface area contributed by atoms with Gasteiger partial charge in [0.05, 0.1) is 12.1 Å². The van der Waals surface area contributed by atoms with E-state index < -0.39 is 11.7 Å². The molecule has 27 heavy (non-hydrogen) atoms. The van der Waals surface area contributed by atoms with Gasteiger partial charge in [-0.25, -0.2) is 0 Å². The molecule has 2 N–H and O–H groups in total. The number of halogens is 3. The first kappa shape index (κ1) is 18.4. The second kappa shape index (κ2) is 6.91. The van der Waals surface area contributed by atoms with Crippen LogP contribution in [-0.2, 0) is 19.3 Å². The minimum Gasteiger partial charge on any atom is -0.328 e. The number of rotatable bonds is 6. The van der Waals surface area contributed by atoms with Crippen molar-refractivity contribution in [1.29, 1.82) is 0 Å². The number of nitrogens with zero attached hydrogens (tertiary/aromatic N) is 4. The van der Waals surface area contributed by atoms with E-state index >= 15 is 0 Å². The monoisotopic (exact) mass is 379 g/mol. The summed E-state index contributed by atoms with van der Waals surface area (Å²) in [5.41, 5.74) is 5.61. The zero-order valence-corrected chi connectivity index (χ0v) is 15.3. The molecule has 0 saturated heterocycles. The van der Waals surface area contributed by atoms with Crippen LogP contribution in [0.3, 0.4) is 0 Å². The van der Waals surface area contributed by atoms with Crippen molar-refractivity contribution in [2.75, 3.05) is 7.05 Å². The summed E-state index contributed by atoms with van der Waals surface area (Å²) in [6, 6.07) is 6.40. The van der Waals surface area contributed by atoms with Gasteiger partial charge in [-0.15, -0.1) is 10.2 Å². The molecule has 1 aromatic carbocycles. The van der Waals surface area contributed by atoms with Gasteiger partial charge in [0.25, 0.3) is 0 Å². The lowest BCUT2D eigenvalue weighted by Gasteiger charge is -2.32. The van der Waals surface area contributed by atoms with Gasteiger partial charge in [-0.3, -0.25) is 4.90 Å².